The smallest absolute Gasteiger partial charge is 0.135 e. The third-order valence-electron chi connectivity index (χ3n) is 20.5. The lowest BCUT2D eigenvalue weighted by Gasteiger charge is -2.23. The molecule has 0 saturated heterocycles. The summed E-state index contributed by atoms with van der Waals surface area (Å²) in [5.74, 6) is 0. The molecular formula is C91H58O. The predicted molar refractivity (Wildman–Crippen MR) is 393 cm³/mol. The standard InChI is InChI=1S/C53H34.C38H24O/c1-53(2)47-29-39(31-9-11-32(12-10-31)41-23-17-37-15-13-33-5-3-7-35-19-27-45(41)51(37)49(33)35)21-25-43(47)44-26-22-40(30-48(44)53)42-24-18-38-16-14-34-6-4-8-36-20-28-46(42)52(38)50(34)36;1-2-10-25(11-3-1)26-18-20-27(21-19-26)37-30-13-4-6-15-32(30)38(33-16-7-5-14-31(33)37)28-22-23-36-34(24-28)29-12-8-9-17-35(29)39-36/h3-30H,1-2H3;1-24H. The zero-order chi connectivity index (χ0) is 60.8. The van der Waals surface area contributed by atoms with Crippen LogP contribution in [0.3, 0.4) is 0 Å². The molecule has 0 bridgehead atoms. The number of rotatable bonds is 6. The van der Waals surface area contributed by atoms with Crippen molar-refractivity contribution in [3.8, 4) is 77.9 Å². The van der Waals surface area contributed by atoms with Gasteiger partial charge in [0.1, 0.15) is 11.2 Å². The Hall–Kier alpha value is -11.6. The van der Waals surface area contributed by atoms with Gasteiger partial charge in [-0.1, -0.05) is 299 Å². The lowest BCUT2D eigenvalue weighted by atomic mass is 9.80. The lowest BCUT2D eigenvalue weighted by Crippen LogP contribution is -2.15. The summed E-state index contributed by atoms with van der Waals surface area (Å²) in [6.07, 6.45) is 0. The van der Waals surface area contributed by atoms with E-state index in [1.54, 1.807) is 0 Å². The third kappa shape index (κ3) is 7.98. The van der Waals surface area contributed by atoms with Gasteiger partial charge in [-0.2, -0.15) is 0 Å². The van der Waals surface area contributed by atoms with E-state index in [2.05, 4.69) is 317 Å². The van der Waals surface area contributed by atoms with Gasteiger partial charge in [-0.15, -0.1) is 0 Å². The highest BCUT2D eigenvalue weighted by Crippen LogP contribution is 2.52. The molecule has 0 unspecified atom stereocenters. The third-order valence-corrected chi connectivity index (χ3v) is 20.5. The van der Waals surface area contributed by atoms with Gasteiger partial charge in [0.05, 0.1) is 0 Å². The van der Waals surface area contributed by atoms with Crippen molar-refractivity contribution < 1.29 is 4.42 Å². The number of para-hydroxylation sites is 1. The highest BCUT2D eigenvalue weighted by atomic mass is 16.3. The first kappa shape index (κ1) is 52.3. The molecule has 1 heteroatoms. The summed E-state index contributed by atoms with van der Waals surface area (Å²) < 4.78 is 6.14. The van der Waals surface area contributed by atoms with Gasteiger partial charge in [0.25, 0.3) is 0 Å². The summed E-state index contributed by atoms with van der Waals surface area (Å²) in [6, 6.07) is 116. The Labute approximate surface area is 533 Å². The van der Waals surface area contributed by atoms with E-state index in [0.717, 1.165) is 21.9 Å². The van der Waals surface area contributed by atoms with Gasteiger partial charge in [0.15, 0.2) is 0 Å². The molecule has 1 aliphatic carbocycles. The highest BCUT2D eigenvalue weighted by Gasteiger charge is 2.36. The Balaban J connectivity index is 0.000000138. The van der Waals surface area contributed by atoms with Crippen LogP contribution in [0.15, 0.2) is 320 Å². The number of hydrogen-bond acceptors (Lipinski definition) is 1. The second-order valence-electron chi connectivity index (χ2n) is 25.8. The lowest BCUT2D eigenvalue weighted by molar-refractivity contribution is 0.661. The average molecular weight is 1170 g/mol. The number of furan rings is 1. The summed E-state index contributed by atoms with van der Waals surface area (Å²) in [4.78, 5) is 0. The molecule has 1 aliphatic rings. The van der Waals surface area contributed by atoms with Crippen LogP contribution in [0.4, 0.5) is 0 Å². The van der Waals surface area contributed by atoms with Crippen molar-refractivity contribution in [1.29, 1.82) is 0 Å². The zero-order valence-corrected chi connectivity index (χ0v) is 50.9. The summed E-state index contributed by atoms with van der Waals surface area (Å²) in [5, 5.41) is 23.3. The Morgan fingerprint density at radius 3 is 1.14 bits per heavy atom. The fourth-order valence-electron chi connectivity index (χ4n) is 16.0. The summed E-state index contributed by atoms with van der Waals surface area (Å²) >= 11 is 0. The molecule has 20 rings (SSSR count). The van der Waals surface area contributed by atoms with Crippen LogP contribution in [-0.4, -0.2) is 0 Å². The molecule has 0 aliphatic heterocycles. The van der Waals surface area contributed by atoms with Crippen molar-refractivity contribution in [2.75, 3.05) is 0 Å². The number of benzene rings is 18. The van der Waals surface area contributed by atoms with E-state index in [9.17, 15) is 0 Å². The quantitative estimate of drug-likeness (QED) is 0.119. The summed E-state index contributed by atoms with van der Waals surface area (Å²) in [7, 11) is 0. The summed E-state index contributed by atoms with van der Waals surface area (Å²) in [6.45, 7) is 4.79. The van der Waals surface area contributed by atoms with Gasteiger partial charge in [-0.25, -0.2) is 0 Å². The van der Waals surface area contributed by atoms with Gasteiger partial charge in [0.2, 0.25) is 0 Å². The maximum Gasteiger partial charge on any atom is 0.135 e. The fourth-order valence-corrected chi connectivity index (χ4v) is 16.0. The second-order valence-corrected chi connectivity index (χ2v) is 25.8. The molecule has 19 aromatic rings. The Morgan fingerprint density at radius 2 is 0.576 bits per heavy atom. The van der Waals surface area contributed by atoms with Gasteiger partial charge in [-0.3, -0.25) is 0 Å². The van der Waals surface area contributed by atoms with Crippen molar-refractivity contribution in [3.05, 3.63) is 327 Å². The van der Waals surface area contributed by atoms with Crippen LogP contribution >= 0.6 is 0 Å². The van der Waals surface area contributed by atoms with E-state index in [0.29, 0.717) is 0 Å². The molecule has 0 N–H and O–H groups in total. The molecule has 0 amide bonds. The predicted octanol–water partition coefficient (Wildman–Crippen LogP) is 25.7. The molecule has 428 valence electrons. The molecule has 1 nitrogen and oxygen atoms in total. The number of hydrogen-bond donors (Lipinski definition) is 0. The van der Waals surface area contributed by atoms with Crippen LogP contribution in [0.2, 0.25) is 0 Å². The maximum atomic E-state index is 6.14. The van der Waals surface area contributed by atoms with Crippen LogP contribution in [0.25, 0.3) is 186 Å². The average Bonchev–Trinajstić information content (AvgIpc) is 1.74. The molecule has 0 atom stereocenters. The first-order valence-electron chi connectivity index (χ1n) is 32.1. The zero-order valence-electron chi connectivity index (χ0n) is 50.9. The maximum absolute atomic E-state index is 6.14. The first-order chi connectivity index (χ1) is 45.4. The van der Waals surface area contributed by atoms with Crippen LogP contribution in [0.5, 0.6) is 0 Å². The van der Waals surface area contributed by atoms with Crippen LogP contribution in [0, 0.1) is 0 Å². The SMILES string of the molecule is CC1(C)c2cc(-c3ccc(-c4ccc5ccc6cccc7ccc4c5c67)cc3)ccc2-c2ccc(-c3ccc4ccc5cccc6ccc3c4c56)cc21.c1ccc(-c2ccc(-c3c4ccccc4c(-c4ccc5oc6ccccc6c5c4)c4ccccc34)cc2)cc1. The van der Waals surface area contributed by atoms with E-state index in [1.165, 1.54) is 175 Å². The second kappa shape index (κ2) is 20.2. The van der Waals surface area contributed by atoms with Gasteiger partial charge >= 0.3 is 0 Å². The van der Waals surface area contributed by atoms with Crippen LogP contribution in [0.1, 0.15) is 25.0 Å². The highest BCUT2D eigenvalue weighted by molar-refractivity contribution is 6.27. The Kier molecular flexibility index (Phi) is 11.5. The van der Waals surface area contributed by atoms with Crippen molar-refractivity contribution >= 4 is 108 Å². The molecule has 1 aromatic heterocycles. The van der Waals surface area contributed by atoms with Gasteiger partial charge in [0, 0.05) is 16.2 Å². The van der Waals surface area contributed by atoms with E-state index < -0.39 is 0 Å². The fraction of sp³-hybridized carbons (Fsp3) is 0.0330. The Morgan fingerprint density at radius 1 is 0.207 bits per heavy atom. The molecular weight excluding hydrogens is 1110 g/mol. The van der Waals surface area contributed by atoms with Crippen molar-refractivity contribution in [2.45, 2.75) is 19.3 Å². The minimum absolute atomic E-state index is 0.123. The van der Waals surface area contributed by atoms with Crippen LogP contribution in [-0.2, 0) is 5.41 Å². The van der Waals surface area contributed by atoms with Crippen molar-refractivity contribution in [2.24, 2.45) is 0 Å². The minimum Gasteiger partial charge on any atom is -0.456 e. The van der Waals surface area contributed by atoms with Crippen LogP contribution < -0.4 is 0 Å². The molecule has 18 aromatic carbocycles. The monoisotopic (exact) mass is 1170 g/mol. The topological polar surface area (TPSA) is 13.1 Å². The van der Waals surface area contributed by atoms with Gasteiger partial charge < -0.3 is 4.42 Å². The van der Waals surface area contributed by atoms with Crippen molar-refractivity contribution in [3.63, 3.8) is 0 Å². The normalized spacial score (nSPS) is 12.8. The number of fused-ring (bicyclic) bond motifs is 8. The Bertz CT molecular complexity index is 6090. The minimum atomic E-state index is -0.123. The van der Waals surface area contributed by atoms with E-state index in [4.69, 9.17) is 4.42 Å². The molecule has 0 saturated carbocycles. The van der Waals surface area contributed by atoms with Crippen molar-refractivity contribution in [1.82, 2.24) is 0 Å². The van der Waals surface area contributed by atoms with Gasteiger partial charge in [-0.05, 0) is 206 Å². The molecule has 0 spiro atoms. The molecule has 0 radical (unpaired) electrons. The first-order valence-corrected chi connectivity index (χ1v) is 32.1. The molecule has 0 fully saturated rings. The molecule has 92 heavy (non-hydrogen) atoms. The van der Waals surface area contributed by atoms with E-state index in [1.807, 2.05) is 12.1 Å². The summed E-state index contributed by atoms with van der Waals surface area (Å²) in [5.41, 5.74) is 22.3. The largest absolute Gasteiger partial charge is 0.456 e. The van der Waals surface area contributed by atoms with E-state index in [-0.39, 0.29) is 5.41 Å². The molecule has 1 heterocycles. The van der Waals surface area contributed by atoms with E-state index >= 15 is 0 Å².